The van der Waals surface area contributed by atoms with Crippen LogP contribution >= 0.6 is 23.2 Å². The van der Waals surface area contributed by atoms with Crippen LogP contribution in [-0.4, -0.2) is 16.0 Å². The summed E-state index contributed by atoms with van der Waals surface area (Å²) in [6.07, 6.45) is 0. The van der Waals surface area contributed by atoms with E-state index in [-0.39, 0.29) is 11.3 Å². The van der Waals surface area contributed by atoms with Gasteiger partial charge in [-0.25, -0.2) is 4.79 Å². The third-order valence-corrected chi connectivity index (χ3v) is 3.01. The number of rotatable bonds is 3. The summed E-state index contributed by atoms with van der Waals surface area (Å²) >= 11 is 11.7. The molecule has 0 atom stereocenters. The summed E-state index contributed by atoms with van der Waals surface area (Å²) in [5.41, 5.74) is 0.385. The van der Waals surface area contributed by atoms with Gasteiger partial charge in [-0.2, -0.15) is 0 Å². The van der Waals surface area contributed by atoms with E-state index in [1.54, 1.807) is 12.1 Å². The highest BCUT2D eigenvalue weighted by atomic mass is 35.5. The highest BCUT2D eigenvalue weighted by Gasteiger charge is 2.15. The van der Waals surface area contributed by atoms with Crippen LogP contribution in [0.3, 0.4) is 0 Å². The van der Waals surface area contributed by atoms with E-state index in [0.717, 1.165) is 6.07 Å². The normalized spacial score (nSPS) is 10.3. The summed E-state index contributed by atoms with van der Waals surface area (Å²) in [5, 5.41) is 20.6. The molecule has 0 aliphatic heterocycles. The molecule has 2 aromatic carbocycles. The fourth-order valence-electron chi connectivity index (χ4n) is 1.73. The molecule has 1 N–H and O–H groups in total. The second-order valence-electron chi connectivity index (χ2n) is 3.99. The van der Waals surface area contributed by atoms with Gasteiger partial charge in [-0.1, -0.05) is 23.2 Å². The Morgan fingerprint density at radius 2 is 1.55 bits per heavy atom. The van der Waals surface area contributed by atoms with Crippen molar-refractivity contribution in [1.29, 1.82) is 0 Å². The molecule has 0 saturated carbocycles. The maximum Gasteiger partial charge on any atom is 0.335 e. The Morgan fingerprint density at radius 1 is 1.00 bits per heavy atom. The number of hydrogen-bond donors (Lipinski definition) is 1. The minimum atomic E-state index is -1.25. The molecule has 0 saturated heterocycles. The topological polar surface area (TPSA) is 80.4 Å². The number of hydrogen-bond acceptors (Lipinski definition) is 3. The van der Waals surface area contributed by atoms with E-state index in [4.69, 9.17) is 28.3 Å². The van der Waals surface area contributed by atoms with Crippen LogP contribution in [0.4, 0.5) is 5.69 Å². The van der Waals surface area contributed by atoms with E-state index in [9.17, 15) is 14.9 Å². The monoisotopic (exact) mass is 311 g/mol. The number of non-ortho nitro benzene ring substituents is 1. The molecule has 0 unspecified atom stereocenters. The molecule has 2 rings (SSSR count). The summed E-state index contributed by atoms with van der Waals surface area (Å²) in [4.78, 5) is 21.2. The molecule has 0 aromatic heterocycles. The third-order valence-electron chi connectivity index (χ3n) is 2.57. The largest absolute Gasteiger partial charge is 0.478 e. The van der Waals surface area contributed by atoms with Crippen LogP contribution in [0.2, 0.25) is 10.0 Å². The Morgan fingerprint density at radius 3 is 2.05 bits per heavy atom. The fraction of sp³-hybridized carbons (Fsp3) is 0. The lowest BCUT2D eigenvalue weighted by atomic mass is 10.0. The number of carbonyl (C=O) groups is 1. The minimum Gasteiger partial charge on any atom is -0.478 e. The predicted octanol–water partition coefficient (Wildman–Crippen LogP) is 4.27. The SMILES string of the molecule is O=C(O)c1cc(-c2cc(Cl)cc(Cl)c2)cc([N+](=O)[O-])c1. The number of carboxylic acids is 1. The maximum atomic E-state index is 11.0. The summed E-state index contributed by atoms with van der Waals surface area (Å²) in [7, 11) is 0. The molecule has 0 amide bonds. The highest BCUT2D eigenvalue weighted by Crippen LogP contribution is 2.30. The number of carboxylic acid groups (broad SMARTS) is 1. The van der Waals surface area contributed by atoms with Gasteiger partial charge in [0.1, 0.15) is 0 Å². The number of nitrogens with zero attached hydrogens (tertiary/aromatic N) is 1. The Labute approximate surface area is 123 Å². The van der Waals surface area contributed by atoms with Crippen molar-refractivity contribution in [3.05, 3.63) is 62.1 Å². The lowest BCUT2D eigenvalue weighted by molar-refractivity contribution is -0.384. The molecule has 20 heavy (non-hydrogen) atoms. The molecule has 0 bridgehead atoms. The van der Waals surface area contributed by atoms with Gasteiger partial charge in [-0.3, -0.25) is 10.1 Å². The van der Waals surface area contributed by atoms with Crippen LogP contribution in [-0.2, 0) is 0 Å². The fourth-order valence-corrected chi connectivity index (χ4v) is 2.25. The van der Waals surface area contributed by atoms with Crippen molar-refractivity contribution in [2.75, 3.05) is 0 Å². The van der Waals surface area contributed by atoms with Crippen molar-refractivity contribution in [2.45, 2.75) is 0 Å². The van der Waals surface area contributed by atoms with E-state index in [0.29, 0.717) is 21.2 Å². The van der Waals surface area contributed by atoms with Crippen LogP contribution in [0.1, 0.15) is 10.4 Å². The van der Waals surface area contributed by atoms with Crippen molar-refractivity contribution in [3.63, 3.8) is 0 Å². The quantitative estimate of drug-likeness (QED) is 0.678. The number of nitro groups is 1. The Kier molecular flexibility index (Phi) is 3.92. The highest BCUT2D eigenvalue weighted by molar-refractivity contribution is 6.35. The van der Waals surface area contributed by atoms with Crippen molar-refractivity contribution < 1.29 is 14.8 Å². The van der Waals surface area contributed by atoms with Crippen LogP contribution in [0.25, 0.3) is 11.1 Å². The zero-order valence-electron chi connectivity index (χ0n) is 9.84. The molecule has 2 aromatic rings. The van der Waals surface area contributed by atoms with E-state index in [2.05, 4.69) is 0 Å². The third kappa shape index (κ3) is 3.07. The van der Waals surface area contributed by atoms with Gasteiger partial charge in [0.15, 0.2) is 0 Å². The predicted molar refractivity (Wildman–Crippen MR) is 75.5 cm³/mol. The molecule has 7 heteroatoms. The second kappa shape index (κ2) is 5.48. The first-order chi connectivity index (χ1) is 9.36. The second-order valence-corrected chi connectivity index (χ2v) is 4.86. The zero-order valence-corrected chi connectivity index (χ0v) is 11.4. The van der Waals surface area contributed by atoms with Crippen molar-refractivity contribution in [3.8, 4) is 11.1 Å². The maximum absolute atomic E-state index is 11.0. The lowest BCUT2D eigenvalue weighted by Crippen LogP contribution is -1.99. The average molecular weight is 312 g/mol. The van der Waals surface area contributed by atoms with Gasteiger partial charge in [-0.05, 0) is 35.4 Å². The Hall–Kier alpha value is -2.11. The van der Waals surface area contributed by atoms with Gasteiger partial charge in [0.25, 0.3) is 5.69 Å². The number of benzene rings is 2. The molecule has 0 aliphatic carbocycles. The van der Waals surface area contributed by atoms with E-state index in [1.165, 1.54) is 18.2 Å². The van der Waals surface area contributed by atoms with Crippen molar-refractivity contribution in [1.82, 2.24) is 0 Å². The molecular formula is C13H7Cl2NO4. The Balaban J connectivity index is 2.66. The van der Waals surface area contributed by atoms with Gasteiger partial charge >= 0.3 is 5.97 Å². The average Bonchev–Trinajstić information content (AvgIpc) is 2.36. The van der Waals surface area contributed by atoms with Crippen molar-refractivity contribution >= 4 is 34.9 Å². The number of nitro benzene ring substituents is 1. The first kappa shape index (κ1) is 14.3. The number of aromatic carboxylic acids is 1. The smallest absolute Gasteiger partial charge is 0.335 e. The van der Waals surface area contributed by atoms with Crippen LogP contribution in [0, 0.1) is 10.1 Å². The summed E-state index contributed by atoms with van der Waals surface area (Å²) in [5.74, 6) is -1.25. The van der Waals surface area contributed by atoms with E-state index >= 15 is 0 Å². The number of halogens is 2. The van der Waals surface area contributed by atoms with E-state index in [1.807, 2.05) is 0 Å². The molecule has 0 aliphatic rings. The molecule has 0 spiro atoms. The molecule has 0 radical (unpaired) electrons. The summed E-state index contributed by atoms with van der Waals surface area (Å²) < 4.78 is 0. The molecular weight excluding hydrogens is 305 g/mol. The van der Waals surface area contributed by atoms with Gasteiger partial charge in [-0.15, -0.1) is 0 Å². The molecule has 5 nitrogen and oxygen atoms in total. The zero-order chi connectivity index (χ0) is 14.9. The standard InChI is InChI=1S/C13H7Cl2NO4/c14-10-2-8(3-11(15)6-10)7-1-9(13(17)18)5-12(4-7)16(19)20/h1-6H,(H,17,18). The first-order valence-corrected chi connectivity index (χ1v) is 6.11. The van der Waals surface area contributed by atoms with Gasteiger partial charge < -0.3 is 5.11 Å². The van der Waals surface area contributed by atoms with Crippen LogP contribution in [0.15, 0.2) is 36.4 Å². The van der Waals surface area contributed by atoms with Crippen LogP contribution < -0.4 is 0 Å². The van der Waals surface area contributed by atoms with Gasteiger partial charge in [0.2, 0.25) is 0 Å². The summed E-state index contributed by atoms with van der Waals surface area (Å²) in [6, 6.07) is 8.22. The summed E-state index contributed by atoms with van der Waals surface area (Å²) in [6.45, 7) is 0. The molecule has 0 fully saturated rings. The Bertz CT molecular complexity index is 663. The molecule has 0 heterocycles. The van der Waals surface area contributed by atoms with Crippen LogP contribution in [0.5, 0.6) is 0 Å². The lowest BCUT2D eigenvalue weighted by Gasteiger charge is -2.05. The van der Waals surface area contributed by atoms with E-state index < -0.39 is 10.9 Å². The van der Waals surface area contributed by atoms with Gasteiger partial charge in [0.05, 0.1) is 10.5 Å². The minimum absolute atomic E-state index is 0.176. The molecule has 102 valence electrons. The van der Waals surface area contributed by atoms with Crippen molar-refractivity contribution in [2.24, 2.45) is 0 Å². The first-order valence-electron chi connectivity index (χ1n) is 5.36. The van der Waals surface area contributed by atoms with Gasteiger partial charge in [0, 0.05) is 22.2 Å².